The Bertz CT molecular complexity index is 170. The molecule has 1 rings (SSSR count). The van der Waals surface area contributed by atoms with E-state index in [-0.39, 0.29) is 0 Å². The summed E-state index contributed by atoms with van der Waals surface area (Å²) in [6.45, 7) is 0. The third-order valence-corrected chi connectivity index (χ3v) is 0.761. The van der Waals surface area contributed by atoms with Crippen LogP contribution in [-0.2, 0) is 0 Å². The van der Waals surface area contributed by atoms with E-state index in [1.54, 1.807) is 18.3 Å². The van der Waals surface area contributed by atoms with E-state index in [0.29, 0.717) is 5.69 Å². The fourth-order valence-electron chi connectivity index (χ4n) is 0.413. The van der Waals surface area contributed by atoms with Gasteiger partial charge in [0.25, 0.3) is 0 Å². The molecule has 0 aromatic carbocycles. The van der Waals surface area contributed by atoms with E-state index in [0.717, 1.165) is 0 Å². The third-order valence-electron chi connectivity index (χ3n) is 0.761. The van der Waals surface area contributed by atoms with Crippen LogP contribution in [0.1, 0.15) is 0 Å². The number of hydrogen-bond acceptors (Lipinski definition) is 2. The molecule has 0 aliphatic heterocycles. The van der Waals surface area contributed by atoms with Gasteiger partial charge in [-0.05, 0) is 17.7 Å². The van der Waals surface area contributed by atoms with E-state index in [1.165, 1.54) is 6.20 Å². The second-order valence-corrected chi connectivity index (χ2v) is 1.31. The van der Waals surface area contributed by atoms with Crippen LogP contribution in [0.2, 0.25) is 0 Å². The zero-order valence-corrected chi connectivity index (χ0v) is 4.15. The maximum absolute atomic E-state index is 8.12. The number of hydrogen-bond donors (Lipinski definition) is 0. The predicted molar refractivity (Wildman–Crippen MR) is 28.5 cm³/mol. The number of rotatable bonds is 1. The van der Waals surface area contributed by atoms with Crippen LogP contribution in [-0.4, -0.2) is 4.98 Å². The van der Waals surface area contributed by atoms with Crippen LogP contribution in [0.4, 0.5) is 5.69 Å². The van der Waals surface area contributed by atoms with Crippen LogP contribution in [0.3, 0.4) is 0 Å². The lowest BCUT2D eigenvalue weighted by molar-refractivity contribution is 1.24. The van der Waals surface area contributed by atoms with Crippen molar-refractivity contribution in [1.29, 1.82) is 0 Å². The van der Waals surface area contributed by atoms with Crippen molar-refractivity contribution in [3.8, 4) is 0 Å². The molecule has 0 bridgehead atoms. The van der Waals surface area contributed by atoms with Crippen LogP contribution >= 0.6 is 0 Å². The highest BCUT2D eigenvalue weighted by atomic mass is 15.0. The van der Waals surface area contributed by atoms with Gasteiger partial charge in [-0.1, -0.05) is 0 Å². The van der Waals surface area contributed by atoms with E-state index in [1.807, 2.05) is 0 Å². The van der Waals surface area contributed by atoms with Gasteiger partial charge in [0.2, 0.25) is 0 Å². The van der Waals surface area contributed by atoms with Gasteiger partial charge < -0.3 is 0 Å². The largest absolute Gasteiger partial charge is 0.262 e. The van der Waals surface area contributed by atoms with Crippen molar-refractivity contribution in [3.63, 3.8) is 0 Å². The third kappa shape index (κ3) is 0.872. The van der Waals surface area contributed by atoms with E-state index >= 15 is 0 Å². The molecule has 0 unspecified atom stereocenters. The summed E-state index contributed by atoms with van der Waals surface area (Å²) < 4.78 is 0. The molecule has 1 aromatic rings. The number of pyridine rings is 1. The van der Waals surface area contributed by atoms with Crippen LogP contribution in [0, 0.1) is 0 Å². The second kappa shape index (κ2) is 2.16. The molecule has 1 heterocycles. The molecule has 1 aromatic heterocycles. The van der Waals surface area contributed by atoms with Crippen molar-refractivity contribution in [2.45, 2.75) is 0 Å². The summed E-state index contributed by atoms with van der Waals surface area (Å²) in [6, 6.07) is 3.36. The second-order valence-electron chi connectivity index (χ2n) is 1.31. The highest BCUT2D eigenvalue weighted by molar-refractivity contribution is 5.30. The molecule has 0 saturated carbocycles. The molecule has 0 N–H and O–H groups in total. The molecule has 0 aliphatic rings. The lowest BCUT2D eigenvalue weighted by Gasteiger charge is -1.81. The van der Waals surface area contributed by atoms with Crippen molar-refractivity contribution in [2.24, 2.45) is 5.11 Å². The normalized spacial score (nSPS) is 8.50. The Morgan fingerprint density at radius 2 is 2.50 bits per heavy atom. The van der Waals surface area contributed by atoms with E-state index in [4.69, 9.17) is 5.53 Å². The Kier molecular flexibility index (Phi) is 1.32. The van der Waals surface area contributed by atoms with Crippen molar-refractivity contribution in [2.75, 3.05) is 0 Å². The van der Waals surface area contributed by atoms with Gasteiger partial charge in [0, 0.05) is 6.20 Å². The van der Waals surface area contributed by atoms with Crippen LogP contribution in [0.5, 0.6) is 0 Å². The fourth-order valence-corrected chi connectivity index (χ4v) is 0.413. The highest BCUT2D eigenvalue weighted by Gasteiger charge is 1.80. The molecule has 8 heavy (non-hydrogen) atoms. The predicted octanol–water partition coefficient (Wildman–Crippen LogP) is 0.965. The summed E-state index contributed by atoms with van der Waals surface area (Å²) in [5.41, 5.74) is 8.60. The van der Waals surface area contributed by atoms with Gasteiger partial charge in [-0.3, -0.25) is 4.98 Å². The minimum Gasteiger partial charge on any atom is -0.262 e. The molecule has 39 valence electrons. The van der Waals surface area contributed by atoms with Gasteiger partial charge in [0.05, 0.1) is 6.20 Å². The first-order chi connectivity index (χ1) is 3.93. The monoisotopic (exact) mass is 106 g/mol. The van der Waals surface area contributed by atoms with Gasteiger partial charge >= 0.3 is 0 Å². The van der Waals surface area contributed by atoms with Gasteiger partial charge in [0.15, 0.2) is 0 Å². The minimum absolute atomic E-state index is 0.479. The maximum Gasteiger partial charge on any atom is 0.106 e. The average molecular weight is 106 g/mol. The first-order valence-electron chi connectivity index (χ1n) is 2.18. The highest BCUT2D eigenvalue weighted by Crippen LogP contribution is 2.03. The molecule has 0 amide bonds. The smallest absolute Gasteiger partial charge is 0.106 e. The van der Waals surface area contributed by atoms with Crippen LogP contribution in [0.25, 0.3) is 0 Å². The van der Waals surface area contributed by atoms with Gasteiger partial charge in [-0.25, -0.2) is 0 Å². The van der Waals surface area contributed by atoms with Gasteiger partial charge in [-0.2, -0.15) is 0 Å². The fraction of sp³-hybridized carbons (Fsp3) is 0. The molecule has 3 heteroatoms. The molecular weight excluding hydrogens is 102 g/mol. The lowest BCUT2D eigenvalue weighted by Crippen LogP contribution is -1.65. The Hall–Kier alpha value is -1.25. The summed E-state index contributed by atoms with van der Waals surface area (Å²) in [6.07, 6.45) is 3.09. The molecule has 3 nitrogen and oxygen atoms in total. The molecular formula is C5H4N3. The maximum atomic E-state index is 8.12. The van der Waals surface area contributed by atoms with Crippen LogP contribution < -0.4 is 5.53 Å². The zero-order chi connectivity index (χ0) is 5.82. The molecule has 1 radical (unpaired) electrons. The molecule has 0 saturated heterocycles. The molecule has 0 aliphatic carbocycles. The lowest BCUT2D eigenvalue weighted by atomic mass is 10.4. The zero-order valence-electron chi connectivity index (χ0n) is 4.15. The van der Waals surface area contributed by atoms with Crippen molar-refractivity contribution >= 4 is 5.69 Å². The first-order valence-corrected chi connectivity index (χ1v) is 2.18. The summed E-state index contributed by atoms with van der Waals surface area (Å²) in [7, 11) is 0. The number of aromatic nitrogens is 1. The average Bonchev–Trinajstić information content (AvgIpc) is 1.90. The summed E-state index contributed by atoms with van der Waals surface area (Å²) in [5.74, 6) is 0. The SMILES string of the molecule is [N]=Nc1cccnc1. The van der Waals surface area contributed by atoms with E-state index in [2.05, 4.69) is 10.1 Å². The summed E-state index contributed by atoms with van der Waals surface area (Å²) >= 11 is 0. The van der Waals surface area contributed by atoms with Crippen molar-refractivity contribution < 1.29 is 0 Å². The number of nitrogens with zero attached hydrogens (tertiary/aromatic N) is 3. The first kappa shape index (κ1) is 4.90. The topological polar surface area (TPSA) is 47.5 Å². The minimum atomic E-state index is 0.479. The molecule has 0 atom stereocenters. The Labute approximate surface area is 46.9 Å². The summed E-state index contributed by atoms with van der Waals surface area (Å²) in [4.78, 5) is 3.70. The van der Waals surface area contributed by atoms with Crippen molar-refractivity contribution in [3.05, 3.63) is 24.5 Å². The quantitative estimate of drug-likeness (QED) is 0.492. The Morgan fingerprint density at radius 1 is 1.62 bits per heavy atom. The van der Waals surface area contributed by atoms with Crippen LogP contribution in [0.15, 0.2) is 29.6 Å². The Balaban J connectivity index is 2.99. The van der Waals surface area contributed by atoms with Crippen molar-refractivity contribution in [1.82, 2.24) is 10.5 Å². The standard InChI is InChI=1S/C5H4N3/c6-8-5-2-1-3-7-4-5/h1-4H. The van der Waals surface area contributed by atoms with E-state index in [9.17, 15) is 0 Å². The molecule has 0 spiro atoms. The molecule has 0 fully saturated rings. The summed E-state index contributed by atoms with van der Waals surface area (Å²) in [5, 5.41) is 2.91. The van der Waals surface area contributed by atoms with Gasteiger partial charge in [-0.15, -0.1) is 5.11 Å². The Morgan fingerprint density at radius 3 is 2.88 bits per heavy atom. The van der Waals surface area contributed by atoms with E-state index < -0.39 is 0 Å². The van der Waals surface area contributed by atoms with Gasteiger partial charge in [0.1, 0.15) is 5.69 Å².